The number of ether oxygens (including phenoxy) is 2. The fourth-order valence-corrected chi connectivity index (χ4v) is 5.63. The predicted molar refractivity (Wildman–Crippen MR) is 79.6 cm³/mol. The van der Waals surface area contributed by atoms with Crippen molar-refractivity contribution in [2.75, 3.05) is 13.2 Å². The van der Waals surface area contributed by atoms with Crippen LogP contribution in [0.3, 0.4) is 0 Å². The highest BCUT2D eigenvalue weighted by Gasteiger charge is 2.58. The van der Waals surface area contributed by atoms with Gasteiger partial charge in [-0.25, -0.2) is 0 Å². The Morgan fingerprint density at radius 1 is 1.24 bits per heavy atom. The van der Waals surface area contributed by atoms with Gasteiger partial charge in [-0.3, -0.25) is 4.79 Å². The number of carbonyl (C=O) groups is 1. The van der Waals surface area contributed by atoms with Crippen LogP contribution < -0.4 is 0 Å². The van der Waals surface area contributed by atoms with Gasteiger partial charge in [0.25, 0.3) is 0 Å². The van der Waals surface area contributed by atoms with Gasteiger partial charge in [0.05, 0.1) is 13.2 Å². The van der Waals surface area contributed by atoms with Crippen molar-refractivity contribution < 1.29 is 14.3 Å². The van der Waals surface area contributed by atoms with E-state index in [9.17, 15) is 4.79 Å². The van der Waals surface area contributed by atoms with Crippen LogP contribution >= 0.6 is 0 Å². The molecule has 116 valence electrons. The lowest BCUT2D eigenvalue weighted by atomic mass is 9.58. The zero-order chi connectivity index (χ0) is 14.8. The summed E-state index contributed by atoms with van der Waals surface area (Å²) in [5, 5.41) is 0. The minimum atomic E-state index is -0.371. The second-order valence-electron chi connectivity index (χ2n) is 7.81. The molecule has 1 aliphatic heterocycles. The first-order valence-corrected chi connectivity index (χ1v) is 8.50. The zero-order valence-corrected chi connectivity index (χ0v) is 13.4. The highest BCUT2D eigenvalue weighted by molar-refractivity contribution is 5.89. The summed E-state index contributed by atoms with van der Waals surface area (Å²) in [6.07, 6.45) is 6.42. The fourth-order valence-electron chi connectivity index (χ4n) is 5.63. The SMILES string of the molecule is CC1C2=CC[C@@]3(C)C(=O)[C@H](C)CC3C2CCC12OCCO2. The Morgan fingerprint density at radius 2 is 1.95 bits per heavy atom. The van der Waals surface area contributed by atoms with E-state index in [1.165, 1.54) is 5.57 Å². The number of ketones is 1. The Morgan fingerprint density at radius 3 is 2.67 bits per heavy atom. The first kappa shape index (κ1) is 14.0. The summed E-state index contributed by atoms with van der Waals surface area (Å²) in [7, 11) is 0. The van der Waals surface area contributed by atoms with Gasteiger partial charge in [0, 0.05) is 23.7 Å². The molecule has 4 aliphatic rings. The minimum absolute atomic E-state index is 0.116. The summed E-state index contributed by atoms with van der Waals surface area (Å²) in [6.45, 7) is 8.01. The highest BCUT2D eigenvalue weighted by Crippen LogP contribution is 2.59. The molecule has 0 aromatic carbocycles. The van der Waals surface area contributed by atoms with Crippen molar-refractivity contribution >= 4 is 5.78 Å². The van der Waals surface area contributed by atoms with Crippen LogP contribution in [0.2, 0.25) is 0 Å². The van der Waals surface area contributed by atoms with E-state index in [0.29, 0.717) is 23.5 Å². The van der Waals surface area contributed by atoms with Crippen LogP contribution in [0.1, 0.15) is 46.5 Å². The molecule has 3 aliphatic carbocycles. The Hall–Kier alpha value is -0.670. The number of hydrogen-bond acceptors (Lipinski definition) is 3. The molecule has 2 saturated carbocycles. The van der Waals surface area contributed by atoms with Gasteiger partial charge in [-0.2, -0.15) is 0 Å². The molecule has 21 heavy (non-hydrogen) atoms. The van der Waals surface area contributed by atoms with Crippen molar-refractivity contribution in [2.45, 2.75) is 52.2 Å². The molecular weight excluding hydrogens is 264 g/mol. The molecular formula is C18H26O3. The van der Waals surface area contributed by atoms with E-state index in [1.807, 2.05) is 0 Å². The van der Waals surface area contributed by atoms with Gasteiger partial charge in [0.1, 0.15) is 5.78 Å². The van der Waals surface area contributed by atoms with Crippen molar-refractivity contribution in [3.05, 3.63) is 11.6 Å². The second-order valence-corrected chi connectivity index (χ2v) is 7.81. The molecule has 1 saturated heterocycles. The van der Waals surface area contributed by atoms with Crippen LogP contribution in [0.25, 0.3) is 0 Å². The normalized spacial score (nSPS) is 48.1. The molecule has 0 aromatic heterocycles. The van der Waals surface area contributed by atoms with E-state index in [4.69, 9.17) is 9.47 Å². The van der Waals surface area contributed by atoms with Gasteiger partial charge in [0.15, 0.2) is 5.79 Å². The Balaban J connectivity index is 1.68. The lowest BCUT2D eigenvalue weighted by molar-refractivity contribution is -0.203. The van der Waals surface area contributed by atoms with Crippen LogP contribution in [0.5, 0.6) is 0 Å². The average molecular weight is 290 g/mol. The Labute approximate surface area is 127 Å². The monoisotopic (exact) mass is 290 g/mol. The first-order chi connectivity index (χ1) is 9.98. The number of carbonyl (C=O) groups excluding carboxylic acids is 1. The van der Waals surface area contributed by atoms with E-state index in [0.717, 1.165) is 38.9 Å². The molecule has 3 nitrogen and oxygen atoms in total. The van der Waals surface area contributed by atoms with E-state index >= 15 is 0 Å². The number of allylic oxidation sites excluding steroid dienone is 1. The van der Waals surface area contributed by atoms with Gasteiger partial charge in [-0.1, -0.05) is 32.4 Å². The topological polar surface area (TPSA) is 35.5 Å². The summed E-state index contributed by atoms with van der Waals surface area (Å²) in [5.41, 5.74) is 1.39. The van der Waals surface area contributed by atoms with E-state index < -0.39 is 0 Å². The van der Waals surface area contributed by atoms with Crippen LogP contribution in [0.15, 0.2) is 11.6 Å². The number of rotatable bonds is 0. The molecule has 3 fully saturated rings. The third kappa shape index (κ3) is 1.71. The summed E-state index contributed by atoms with van der Waals surface area (Å²) >= 11 is 0. The summed E-state index contributed by atoms with van der Waals surface area (Å²) in [4.78, 5) is 12.6. The van der Waals surface area contributed by atoms with Crippen LogP contribution in [0.4, 0.5) is 0 Å². The van der Waals surface area contributed by atoms with Crippen LogP contribution in [-0.4, -0.2) is 24.8 Å². The van der Waals surface area contributed by atoms with Crippen molar-refractivity contribution in [3.8, 4) is 0 Å². The molecule has 1 spiro atoms. The summed E-state index contributed by atoms with van der Waals surface area (Å²) in [5.74, 6) is 1.77. The van der Waals surface area contributed by atoms with Crippen molar-refractivity contribution in [1.29, 1.82) is 0 Å². The van der Waals surface area contributed by atoms with Gasteiger partial charge in [-0.15, -0.1) is 0 Å². The minimum Gasteiger partial charge on any atom is -0.347 e. The Kier molecular flexibility index (Phi) is 2.94. The maximum atomic E-state index is 12.6. The van der Waals surface area contributed by atoms with E-state index in [1.54, 1.807) is 0 Å². The lowest BCUT2D eigenvalue weighted by Crippen LogP contribution is -2.49. The molecule has 3 unspecified atom stereocenters. The molecule has 0 amide bonds. The van der Waals surface area contributed by atoms with Crippen LogP contribution in [-0.2, 0) is 14.3 Å². The smallest absolute Gasteiger partial charge is 0.174 e. The van der Waals surface area contributed by atoms with Crippen LogP contribution in [0, 0.1) is 29.1 Å². The number of hydrogen-bond donors (Lipinski definition) is 0. The number of fused-ring (bicyclic) bond motifs is 3. The summed E-state index contributed by atoms with van der Waals surface area (Å²) < 4.78 is 12.0. The molecule has 1 heterocycles. The van der Waals surface area contributed by atoms with Gasteiger partial charge >= 0.3 is 0 Å². The van der Waals surface area contributed by atoms with Crippen molar-refractivity contribution in [3.63, 3.8) is 0 Å². The maximum absolute atomic E-state index is 12.6. The van der Waals surface area contributed by atoms with Gasteiger partial charge in [-0.05, 0) is 31.1 Å². The van der Waals surface area contributed by atoms with Gasteiger partial charge in [0.2, 0.25) is 0 Å². The zero-order valence-electron chi connectivity index (χ0n) is 13.4. The maximum Gasteiger partial charge on any atom is 0.174 e. The quantitative estimate of drug-likeness (QED) is 0.642. The average Bonchev–Trinajstić information content (AvgIpc) is 3.02. The standard InChI is InChI=1S/C18H26O3/c1-11-10-15-14-5-7-18(20-8-9-21-18)12(2)13(14)4-6-17(15,3)16(11)19/h4,11-12,14-15H,5-10H2,1-3H3/t11-,12?,14?,15?,17-/m1/s1. The second kappa shape index (κ2) is 4.42. The molecule has 0 aromatic rings. The lowest BCUT2D eigenvalue weighted by Gasteiger charge is -2.49. The highest BCUT2D eigenvalue weighted by atomic mass is 16.7. The van der Waals surface area contributed by atoms with Crippen molar-refractivity contribution in [2.24, 2.45) is 29.1 Å². The van der Waals surface area contributed by atoms with Crippen molar-refractivity contribution in [1.82, 2.24) is 0 Å². The van der Waals surface area contributed by atoms with E-state index in [-0.39, 0.29) is 17.1 Å². The molecule has 4 rings (SSSR count). The molecule has 0 radical (unpaired) electrons. The molecule has 5 atom stereocenters. The third-order valence-electron chi connectivity index (χ3n) is 6.85. The number of Topliss-reactive ketones (excluding diaryl/α,β-unsaturated/α-hetero) is 1. The predicted octanol–water partition coefficient (Wildman–Crippen LogP) is 3.34. The molecule has 0 N–H and O–H groups in total. The fraction of sp³-hybridized carbons (Fsp3) is 0.833. The third-order valence-corrected chi connectivity index (χ3v) is 6.85. The Bertz CT molecular complexity index is 503. The first-order valence-electron chi connectivity index (χ1n) is 8.50. The molecule has 3 heteroatoms. The van der Waals surface area contributed by atoms with Gasteiger partial charge < -0.3 is 9.47 Å². The molecule has 0 bridgehead atoms. The van der Waals surface area contributed by atoms with E-state index in [2.05, 4.69) is 26.8 Å². The summed E-state index contributed by atoms with van der Waals surface area (Å²) in [6, 6.07) is 0. The largest absolute Gasteiger partial charge is 0.347 e.